The second kappa shape index (κ2) is 6.07. The van der Waals surface area contributed by atoms with Gasteiger partial charge in [0.15, 0.2) is 0 Å². The van der Waals surface area contributed by atoms with Gasteiger partial charge in [0.25, 0.3) is 0 Å². The lowest BCUT2D eigenvalue weighted by Gasteiger charge is -2.19. The molecule has 0 saturated carbocycles. The molecule has 0 heterocycles. The smallest absolute Gasteiger partial charge is 0.405 e. The molecule has 0 bridgehead atoms. The highest BCUT2D eigenvalue weighted by Gasteiger charge is 2.32. The Morgan fingerprint density at radius 2 is 1.67 bits per heavy atom. The van der Waals surface area contributed by atoms with Crippen molar-refractivity contribution in [2.45, 2.75) is 19.3 Å². The molecule has 0 saturated heterocycles. The maximum atomic E-state index is 12.5. The van der Waals surface area contributed by atoms with Crippen LogP contribution in [0.1, 0.15) is 22.7 Å². The summed E-state index contributed by atoms with van der Waals surface area (Å²) in [7, 11) is 0. The summed E-state index contributed by atoms with van der Waals surface area (Å²) in [5.41, 5.74) is 8.06. The van der Waals surface area contributed by atoms with Crippen molar-refractivity contribution in [3.05, 3.63) is 63.6 Å². The molecular weight excluding hydrogens is 347 g/mol. The quantitative estimate of drug-likeness (QED) is 0.861. The molecule has 1 atom stereocenters. The summed E-state index contributed by atoms with van der Waals surface area (Å²) in [4.78, 5) is 0. The van der Waals surface area contributed by atoms with Crippen molar-refractivity contribution in [3.63, 3.8) is 0 Å². The van der Waals surface area contributed by atoms with E-state index < -0.39 is 12.4 Å². The third-order valence-corrected chi connectivity index (χ3v) is 4.12. The van der Waals surface area contributed by atoms with Crippen molar-refractivity contribution in [2.75, 3.05) is 0 Å². The normalized spacial score (nSPS) is 13.0. The number of nitrogens with two attached hydrogens (primary N) is 1. The van der Waals surface area contributed by atoms with Crippen molar-refractivity contribution in [2.24, 2.45) is 5.73 Å². The predicted octanol–water partition coefficient (Wildman–Crippen LogP) is 4.70. The lowest BCUT2D eigenvalue weighted by molar-refractivity contribution is -0.274. The monoisotopic (exact) mass is 359 g/mol. The highest BCUT2D eigenvalue weighted by atomic mass is 79.9. The molecule has 2 nitrogen and oxygen atoms in total. The molecule has 0 spiro atoms. The molecule has 21 heavy (non-hydrogen) atoms. The summed E-state index contributed by atoms with van der Waals surface area (Å²) >= 11 is 3.42. The van der Waals surface area contributed by atoms with Gasteiger partial charge in [0.1, 0.15) is 5.75 Å². The second-order valence-electron chi connectivity index (χ2n) is 4.54. The van der Waals surface area contributed by atoms with E-state index in [1.54, 1.807) is 12.1 Å². The first kappa shape index (κ1) is 15.9. The van der Waals surface area contributed by atoms with E-state index >= 15 is 0 Å². The molecule has 0 fully saturated rings. The minimum absolute atomic E-state index is 0.279. The van der Waals surface area contributed by atoms with Gasteiger partial charge >= 0.3 is 6.36 Å². The molecule has 0 aliphatic carbocycles. The number of benzene rings is 2. The summed E-state index contributed by atoms with van der Waals surface area (Å²) < 4.78 is 42.2. The van der Waals surface area contributed by atoms with Gasteiger partial charge in [0.05, 0.1) is 6.04 Å². The number of alkyl halides is 3. The number of rotatable bonds is 3. The lowest BCUT2D eigenvalue weighted by Crippen LogP contribution is -2.21. The maximum absolute atomic E-state index is 12.5. The molecule has 2 rings (SSSR count). The first-order chi connectivity index (χ1) is 9.79. The highest BCUT2D eigenvalue weighted by molar-refractivity contribution is 9.10. The third-order valence-electron chi connectivity index (χ3n) is 3.04. The zero-order valence-electron chi connectivity index (χ0n) is 11.1. The van der Waals surface area contributed by atoms with E-state index in [4.69, 9.17) is 5.73 Å². The summed E-state index contributed by atoms with van der Waals surface area (Å²) in [6.45, 7) is 1.89. The Morgan fingerprint density at radius 3 is 2.33 bits per heavy atom. The Kier molecular flexibility index (Phi) is 4.58. The molecule has 2 aromatic carbocycles. The van der Waals surface area contributed by atoms with Crippen molar-refractivity contribution < 1.29 is 17.9 Å². The Morgan fingerprint density at radius 1 is 1.05 bits per heavy atom. The standard InChI is InChI=1S/C15H13BrF3NO/c1-9-5-4-7-11(13(9)16)14(20)10-6-2-3-8-12(10)21-15(17,18)19/h2-8,14H,20H2,1H3. The van der Waals surface area contributed by atoms with Crippen LogP contribution in [0.2, 0.25) is 0 Å². The molecule has 0 aliphatic rings. The van der Waals surface area contributed by atoms with Crippen LogP contribution in [-0.2, 0) is 0 Å². The fraction of sp³-hybridized carbons (Fsp3) is 0.200. The van der Waals surface area contributed by atoms with Gasteiger partial charge in [-0.15, -0.1) is 13.2 Å². The fourth-order valence-corrected chi connectivity index (χ4v) is 2.54. The third kappa shape index (κ3) is 3.77. The molecule has 0 aromatic heterocycles. The van der Waals surface area contributed by atoms with E-state index in [0.717, 1.165) is 10.0 Å². The van der Waals surface area contributed by atoms with Gasteiger partial charge < -0.3 is 10.5 Å². The van der Waals surface area contributed by atoms with Crippen LogP contribution >= 0.6 is 15.9 Å². The van der Waals surface area contributed by atoms with Gasteiger partial charge in [-0.3, -0.25) is 0 Å². The van der Waals surface area contributed by atoms with Crippen LogP contribution in [0.3, 0.4) is 0 Å². The van der Waals surface area contributed by atoms with Crippen LogP contribution in [0.4, 0.5) is 13.2 Å². The van der Waals surface area contributed by atoms with Gasteiger partial charge in [-0.05, 0) is 24.1 Å². The van der Waals surface area contributed by atoms with Gasteiger partial charge in [0.2, 0.25) is 0 Å². The zero-order chi connectivity index (χ0) is 15.6. The first-order valence-electron chi connectivity index (χ1n) is 6.15. The molecule has 2 N–H and O–H groups in total. The summed E-state index contributed by atoms with van der Waals surface area (Å²) in [6.07, 6.45) is -4.75. The zero-order valence-corrected chi connectivity index (χ0v) is 12.7. The largest absolute Gasteiger partial charge is 0.573 e. The number of hydrogen-bond acceptors (Lipinski definition) is 2. The van der Waals surface area contributed by atoms with Crippen molar-refractivity contribution in [3.8, 4) is 5.75 Å². The molecule has 0 radical (unpaired) electrons. The van der Waals surface area contributed by atoms with Crippen LogP contribution in [0.15, 0.2) is 46.9 Å². The van der Waals surface area contributed by atoms with Gasteiger partial charge in [-0.2, -0.15) is 0 Å². The Hall–Kier alpha value is -1.53. The van der Waals surface area contributed by atoms with Crippen molar-refractivity contribution >= 4 is 15.9 Å². The van der Waals surface area contributed by atoms with Crippen LogP contribution in [-0.4, -0.2) is 6.36 Å². The topological polar surface area (TPSA) is 35.2 Å². The number of aryl methyl sites for hydroxylation is 1. The molecule has 0 amide bonds. The second-order valence-corrected chi connectivity index (χ2v) is 5.33. The fourth-order valence-electron chi connectivity index (χ4n) is 2.03. The first-order valence-corrected chi connectivity index (χ1v) is 6.94. The Bertz CT molecular complexity index is 643. The number of hydrogen-bond donors (Lipinski definition) is 1. The van der Waals surface area contributed by atoms with Gasteiger partial charge in [-0.1, -0.05) is 52.3 Å². The van der Waals surface area contributed by atoms with Crippen molar-refractivity contribution in [1.82, 2.24) is 0 Å². The van der Waals surface area contributed by atoms with Crippen LogP contribution < -0.4 is 10.5 Å². The summed E-state index contributed by atoms with van der Waals surface area (Å²) in [5.74, 6) is -0.286. The number of halogens is 4. The maximum Gasteiger partial charge on any atom is 0.573 e. The number of ether oxygens (including phenoxy) is 1. The van der Waals surface area contributed by atoms with Crippen molar-refractivity contribution in [1.29, 1.82) is 0 Å². The van der Waals surface area contributed by atoms with E-state index in [9.17, 15) is 13.2 Å². The molecule has 2 aromatic rings. The molecule has 112 valence electrons. The molecular formula is C15H13BrF3NO. The SMILES string of the molecule is Cc1cccc(C(N)c2ccccc2OC(F)(F)F)c1Br. The van der Waals surface area contributed by atoms with E-state index in [1.807, 2.05) is 19.1 Å². The molecule has 6 heteroatoms. The average Bonchev–Trinajstić information content (AvgIpc) is 2.40. The number of para-hydroxylation sites is 1. The van der Waals surface area contributed by atoms with Crippen LogP contribution in [0.5, 0.6) is 5.75 Å². The minimum atomic E-state index is -4.75. The highest BCUT2D eigenvalue weighted by Crippen LogP contribution is 2.35. The van der Waals surface area contributed by atoms with Crippen LogP contribution in [0.25, 0.3) is 0 Å². The summed E-state index contributed by atoms with van der Waals surface area (Å²) in [6, 6.07) is 10.6. The predicted molar refractivity (Wildman–Crippen MR) is 78.0 cm³/mol. The van der Waals surface area contributed by atoms with E-state index in [2.05, 4.69) is 20.7 Å². The molecule has 0 aliphatic heterocycles. The molecule has 1 unspecified atom stereocenters. The minimum Gasteiger partial charge on any atom is -0.405 e. The van der Waals surface area contributed by atoms with Gasteiger partial charge in [-0.25, -0.2) is 0 Å². The Balaban J connectivity index is 2.44. The van der Waals surface area contributed by atoms with E-state index in [0.29, 0.717) is 5.56 Å². The van der Waals surface area contributed by atoms with E-state index in [1.165, 1.54) is 18.2 Å². The van der Waals surface area contributed by atoms with Gasteiger partial charge in [0, 0.05) is 10.0 Å². The van der Waals surface area contributed by atoms with Crippen LogP contribution in [0, 0.1) is 6.92 Å². The Labute approximate surface area is 128 Å². The lowest BCUT2D eigenvalue weighted by atomic mass is 9.97. The van der Waals surface area contributed by atoms with E-state index in [-0.39, 0.29) is 11.3 Å². The average molecular weight is 360 g/mol. The summed E-state index contributed by atoms with van der Waals surface area (Å²) in [5, 5.41) is 0.